The molecule has 9 nitrogen and oxygen atoms in total. The predicted octanol–water partition coefficient (Wildman–Crippen LogP) is 1.63. The van der Waals surface area contributed by atoms with E-state index in [0.29, 0.717) is 50.4 Å². The average molecular weight is 541 g/mol. The molecule has 1 aliphatic carbocycles. The highest BCUT2D eigenvalue weighted by Crippen LogP contribution is 2.50. The third kappa shape index (κ3) is 5.15. The Morgan fingerprint density at radius 3 is 2.84 bits per heavy atom. The molecule has 1 N–H and O–H groups in total. The molecule has 12 heteroatoms. The van der Waals surface area contributed by atoms with Crippen LogP contribution in [0.2, 0.25) is 0 Å². The number of aromatic nitrogens is 1. The van der Waals surface area contributed by atoms with Crippen LogP contribution in [0, 0.1) is 11.3 Å². The highest BCUT2D eigenvalue weighted by molar-refractivity contribution is 5.87. The molecular weight excluding hydrogens is 505 g/mol. The Bertz CT molecular complexity index is 1060. The number of carbonyl (C=O) groups excluding carboxylic acids is 2. The first-order valence-corrected chi connectivity index (χ1v) is 13.1. The number of rotatable bonds is 6. The van der Waals surface area contributed by atoms with E-state index in [1.54, 1.807) is 16.9 Å². The fourth-order valence-corrected chi connectivity index (χ4v) is 6.74. The first-order chi connectivity index (χ1) is 18.1. The van der Waals surface area contributed by atoms with E-state index in [2.05, 4.69) is 10.3 Å². The van der Waals surface area contributed by atoms with Gasteiger partial charge in [-0.1, -0.05) is 0 Å². The summed E-state index contributed by atoms with van der Waals surface area (Å²) in [7, 11) is 3.12. The van der Waals surface area contributed by atoms with E-state index >= 15 is 0 Å². The Morgan fingerprint density at radius 2 is 2.11 bits per heavy atom. The normalized spacial score (nSPS) is 31.3. The van der Waals surface area contributed by atoms with Gasteiger partial charge in [0.05, 0.1) is 23.7 Å². The summed E-state index contributed by atoms with van der Waals surface area (Å²) in [5.74, 6) is -0.321. The molecule has 2 saturated heterocycles. The van der Waals surface area contributed by atoms with Crippen molar-refractivity contribution in [2.24, 2.45) is 11.3 Å². The van der Waals surface area contributed by atoms with Gasteiger partial charge in [-0.3, -0.25) is 14.6 Å². The van der Waals surface area contributed by atoms with E-state index in [0.717, 1.165) is 25.1 Å². The van der Waals surface area contributed by atoms with Crippen LogP contribution in [0.4, 0.5) is 13.2 Å². The molecule has 38 heavy (non-hydrogen) atoms. The quantitative estimate of drug-likeness (QED) is 0.587. The van der Waals surface area contributed by atoms with E-state index in [9.17, 15) is 22.8 Å². The largest absolute Gasteiger partial charge is 0.417 e. The van der Waals surface area contributed by atoms with E-state index in [1.807, 2.05) is 0 Å². The summed E-state index contributed by atoms with van der Waals surface area (Å²) in [5.41, 5.74) is -0.597. The van der Waals surface area contributed by atoms with Crippen LogP contribution in [0.15, 0.2) is 12.3 Å². The van der Waals surface area contributed by atoms with Gasteiger partial charge in [0, 0.05) is 77.4 Å². The van der Waals surface area contributed by atoms with Crippen LogP contribution >= 0.6 is 0 Å². The number of amides is 2. The molecule has 3 fully saturated rings. The summed E-state index contributed by atoms with van der Waals surface area (Å²) in [6, 6.07) is 1.26. The fourth-order valence-electron chi connectivity index (χ4n) is 6.74. The number of nitrogens with one attached hydrogen (secondary N) is 1. The second-order valence-electron chi connectivity index (χ2n) is 10.9. The monoisotopic (exact) mass is 540 g/mol. The zero-order valence-electron chi connectivity index (χ0n) is 21.8. The van der Waals surface area contributed by atoms with Crippen molar-refractivity contribution >= 4 is 11.8 Å². The lowest BCUT2D eigenvalue weighted by molar-refractivity contribution is -0.144. The number of likely N-dealkylation sites (tertiary alicyclic amines) is 1. The number of pyridine rings is 1. The molecule has 4 heterocycles. The molecule has 5 rings (SSSR count). The number of alkyl halides is 3. The number of carbonyl (C=O) groups is 2. The molecule has 1 aromatic heterocycles. The molecule has 210 valence electrons. The van der Waals surface area contributed by atoms with Crippen LogP contribution in [0.25, 0.3) is 0 Å². The van der Waals surface area contributed by atoms with Gasteiger partial charge in [0.2, 0.25) is 11.8 Å². The minimum atomic E-state index is -4.50. The van der Waals surface area contributed by atoms with Crippen LogP contribution in [-0.4, -0.2) is 98.5 Å². The first kappa shape index (κ1) is 27.3. The molecule has 1 aromatic rings. The molecular formula is C26H35F3N4O5. The third-order valence-electron chi connectivity index (χ3n) is 8.63. The standard InChI is InChI=1S/C26H35F3N4O5/c1-36-14-23(34)33-12-18-8-19(31-21-4-6-38-13-22(21)37-2)9-25(18,15-33)24(35)32-5-3-20-16(11-32)7-17(10-30-20)26(27,28)29/h7,10,18-19,21-22,31H,3-6,8-9,11-15H2,1-2H3/t18-,19+,21?,22?,25-/m1/s1. The number of hydrogen-bond donors (Lipinski definition) is 1. The molecule has 0 spiro atoms. The number of fused-ring (bicyclic) bond motifs is 2. The van der Waals surface area contributed by atoms with Gasteiger partial charge < -0.3 is 29.3 Å². The number of hydrogen-bond acceptors (Lipinski definition) is 7. The van der Waals surface area contributed by atoms with Crippen molar-refractivity contribution in [3.8, 4) is 0 Å². The molecule has 2 unspecified atom stereocenters. The maximum Gasteiger partial charge on any atom is 0.417 e. The van der Waals surface area contributed by atoms with Crippen LogP contribution in [0.5, 0.6) is 0 Å². The minimum Gasteiger partial charge on any atom is -0.379 e. The first-order valence-electron chi connectivity index (χ1n) is 13.1. The van der Waals surface area contributed by atoms with Gasteiger partial charge in [0.1, 0.15) is 6.61 Å². The lowest BCUT2D eigenvalue weighted by Crippen LogP contribution is -2.52. The lowest BCUT2D eigenvalue weighted by Gasteiger charge is -2.37. The average Bonchev–Trinajstić information content (AvgIpc) is 3.42. The molecule has 1 saturated carbocycles. The van der Waals surface area contributed by atoms with E-state index in [-0.39, 0.29) is 55.6 Å². The van der Waals surface area contributed by atoms with Gasteiger partial charge in [-0.2, -0.15) is 13.2 Å². The Balaban J connectivity index is 1.37. The van der Waals surface area contributed by atoms with Crippen LogP contribution in [-0.2, 0) is 42.9 Å². The smallest absolute Gasteiger partial charge is 0.379 e. The minimum absolute atomic E-state index is 0.0555. The predicted molar refractivity (Wildman–Crippen MR) is 129 cm³/mol. The maximum atomic E-state index is 14.2. The van der Waals surface area contributed by atoms with Gasteiger partial charge in [-0.05, 0) is 36.8 Å². The Hall–Kier alpha value is -2.28. The van der Waals surface area contributed by atoms with Crippen molar-refractivity contribution < 1.29 is 37.0 Å². The Labute approximate surface area is 220 Å². The van der Waals surface area contributed by atoms with Gasteiger partial charge in [0.15, 0.2) is 0 Å². The summed E-state index contributed by atoms with van der Waals surface area (Å²) in [6.45, 7) is 2.29. The zero-order valence-corrected chi connectivity index (χ0v) is 21.8. The molecule has 0 radical (unpaired) electrons. The number of ether oxygens (including phenoxy) is 3. The van der Waals surface area contributed by atoms with Crippen LogP contribution < -0.4 is 5.32 Å². The van der Waals surface area contributed by atoms with E-state index in [4.69, 9.17) is 14.2 Å². The molecule has 0 aromatic carbocycles. The summed E-state index contributed by atoms with van der Waals surface area (Å²) in [4.78, 5) is 34.3. The summed E-state index contributed by atoms with van der Waals surface area (Å²) in [6.07, 6.45) is -1.25. The van der Waals surface area contributed by atoms with Crippen molar-refractivity contribution in [3.63, 3.8) is 0 Å². The van der Waals surface area contributed by atoms with Gasteiger partial charge in [-0.25, -0.2) is 0 Å². The summed E-state index contributed by atoms with van der Waals surface area (Å²) >= 11 is 0. The third-order valence-corrected chi connectivity index (χ3v) is 8.63. The van der Waals surface area contributed by atoms with Crippen molar-refractivity contribution in [1.82, 2.24) is 20.1 Å². The number of methoxy groups -OCH3 is 2. The Morgan fingerprint density at radius 1 is 1.29 bits per heavy atom. The molecule has 0 bridgehead atoms. The van der Waals surface area contributed by atoms with Crippen molar-refractivity contribution in [3.05, 3.63) is 29.1 Å². The second kappa shape index (κ2) is 10.7. The summed E-state index contributed by atoms with van der Waals surface area (Å²) < 4.78 is 56.1. The zero-order chi connectivity index (χ0) is 27.1. The van der Waals surface area contributed by atoms with Gasteiger partial charge in [0.25, 0.3) is 0 Å². The summed E-state index contributed by atoms with van der Waals surface area (Å²) in [5, 5.41) is 3.70. The van der Waals surface area contributed by atoms with Crippen LogP contribution in [0.3, 0.4) is 0 Å². The molecule has 3 aliphatic heterocycles. The molecule has 5 atom stereocenters. The molecule has 4 aliphatic rings. The van der Waals surface area contributed by atoms with Crippen molar-refractivity contribution in [2.75, 3.05) is 53.7 Å². The maximum absolute atomic E-state index is 14.2. The van der Waals surface area contributed by atoms with Gasteiger partial charge >= 0.3 is 6.18 Å². The van der Waals surface area contributed by atoms with Crippen molar-refractivity contribution in [1.29, 1.82) is 0 Å². The highest BCUT2D eigenvalue weighted by Gasteiger charge is 2.59. The van der Waals surface area contributed by atoms with Gasteiger partial charge in [-0.15, -0.1) is 0 Å². The number of halogens is 3. The van der Waals surface area contributed by atoms with Crippen LogP contribution in [0.1, 0.15) is 36.1 Å². The van der Waals surface area contributed by atoms with Crippen molar-refractivity contribution in [2.45, 2.75) is 56.6 Å². The lowest BCUT2D eigenvalue weighted by atomic mass is 9.78. The number of nitrogens with zero attached hydrogens (tertiary/aromatic N) is 3. The topological polar surface area (TPSA) is 93.2 Å². The van der Waals surface area contributed by atoms with E-state index in [1.165, 1.54) is 7.11 Å². The SMILES string of the molecule is COCC(=O)N1C[C@H]2C[C@H](NC3CCOCC3OC)C[C@@]2(C(=O)N2CCc3ncc(C(F)(F)F)cc3C2)C1. The fraction of sp³-hybridized carbons (Fsp3) is 0.731. The molecule has 2 amide bonds. The highest BCUT2D eigenvalue weighted by atomic mass is 19.4. The Kier molecular flexibility index (Phi) is 7.69. The van der Waals surface area contributed by atoms with E-state index < -0.39 is 17.2 Å². The second-order valence-corrected chi connectivity index (χ2v) is 10.9.